The molecule has 0 aliphatic carbocycles. The molecule has 2 unspecified atom stereocenters. The van der Waals surface area contributed by atoms with Crippen molar-refractivity contribution in [3.63, 3.8) is 0 Å². The fourth-order valence-corrected chi connectivity index (χ4v) is 6.97. The number of benzene rings is 2. The van der Waals surface area contributed by atoms with Gasteiger partial charge in [0, 0.05) is 55.2 Å². The first-order valence-electron chi connectivity index (χ1n) is 19.6. The van der Waals surface area contributed by atoms with Crippen LogP contribution >= 0.6 is 0 Å². The smallest absolute Gasteiger partial charge is 0.414 e. The molecule has 3 saturated heterocycles. The number of rotatable bonds is 14. The van der Waals surface area contributed by atoms with E-state index < -0.39 is 40.2 Å². The minimum atomic E-state index is -3.63. The molecule has 22 heteroatoms. The average Bonchev–Trinajstić information content (AvgIpc) is 4.10. The molecule has 3 aliphatic heterocycles. The molecule has 0 bridgehead atoms. The van der Waals surface area contributed by atoms with Crippen LogP contribution in [0.1, 0.15) is 38.8 Å². The Bertz CT molecular complexity index is 2370. The second-order valence-electron chi connectivity index (χ2n) is 14.4. The predicted molar refractivity (Wildman–Crippen MR) is 224 cm³/mol. The lowest BCUT2D eigenvalue weighted by Crippen LogP contribution is -2.50. The van der Waals surface area contributed by atoms with Crippen molar-refractivity contribution in [3.05, 3.63) is 108 Å². The third kappa shape index (κ3) is 12.8. The molecule has 334 valence electrons. The van der Waals surface area contributed by atoms with Crippen LogP contribution in [0.3, 0.4) is 0 Å². The molecule has 4 N–H and O–H groups in total. The van der Waals surface area contributed by atoms with Crippen LogP contribution in [-0.4, -0.2) is 144 Å². The zero-order valence-corrected chi connectivity index (χ0v) is 35.1. The first kappa shape index (κ1) is 45.6. The average molecular weight is 891 g/mol. The highest BCUT2D eigenvalue weighted by Gasteiger charge is 2.35. The predicted octanol–water partition coefficient (Wildman–Crippen LogP) is 2.88. The van der Waals surface area contributed by atoms with Gasteiger partial charge in [-0.15, -0.1) is 0 Å². The van der Waals surface area contributed by atoms with Crippen LogP contribution in [0.5, 0.6) is 0 Å². The third-order valence-corrected chi connectivity index (χ3v) is 10.3. The second-order valence-corrected chi connectivity index (χ2v) is 16.0. The Hall–Kier alpha value is -6.88. The number of amidine groups is 2. The number of carbonyl (C=O) groups excluding carboxylic acids is 5. The fourth-order valence-electron chi connectivity index (χ4n) is 6.57. The Morgan fingerprint density at radius 2 is 1.16 bits per heavy atom. The molecule has 2 aromatic carbocycles. The molecule has 5 heterocycles. The summed E-state index contributed by atoms with van der Waals surface area (Å²) in [7, 11) is -3.63. The van der Waals surface area contributed by atoms with E-state index in [0.29, 0.717) is 59.9 Å². The summed E-state index contributed by atoms with van der Waals surface area (Å²) in [5, 5.41) is 21.1. The van der Waals surface area contributed by atoms with E-state index in [1.807, 2.05) is 0 Å². The maximum absolute atomic E-state index is 12.5. The normalized spacial score (nSPS) is 17.9. The van der Waals surface area contributed by atoms with E-state index in [2.05, 4.69) is 24.6 Å². The van der Waals surface area contributed by atoms with Gasteiger partial charge in [-0.25, -0.2) is 9.59 Å². The van der Waals surface area contributed by atoms with E-state index >= 15 is 0 Å². The minimum Gasteiger partial charge on any atom is -0.472 e. The maximum Gasteiger partial charge on any atom is 0.414 e. The van der Waals surface area contributed by atoms with E-state index in [1.54, 1.807) is 60.4 Å². The maximum atomic E-state index is 12.5. The summed E-state index contributed by atoms with van der Waals surface area (Å²) in [6, 6.07) is 16.1. The number of anilines is 2. The first-order chi connectivity index (χ1) is 30.1. The SMILES string of the molecule is CCOC(=O)CN1CCN(CC2CN(c3ccc(C(=N)NC(=O)c4ccoc4)cc3)C(=O)O2)CC1.CS(=O)(=O)OCC1CN(c2ccc(C(=N)NC(=O)c3ccoc3)cc2)C(=O)O1. The zero-order valence-electron chi connectivity index (χ0n) is 34.3. The van der Waals surface area contributed by atoms with Crippen LogP contribution in [0.25, 0.3) is 0 Å². The summed E-state index contributed by atoms with van der Waals surface area (Å²) < 4.78 is 52.1. The van der Waals surface area contributed by atoms with Crippen molar-refractivity contribution in [2.75, 3.05) is 81.6 Å². The summed E-state index contributed by atoms with van der Waals surface area (Å²) in [5.41, 5.74) is 2.74. The second kappa shape index (κ2) is 20.8. The topological polar surface area (TPSA) is 267 Å². The molecule has 0 radical (unpaired) electrons. The highest BCUT2D eigenvalue weighted by atomic mass is 32.2. The van der Waals surface area contributed by atoms with Crippen molar-refractivity contribution >= 4 is 63.1 Å². The number of esters is 1. The number of hydrogen-bond acceptors (Lipinski definition) is 17. The third-order valence-electron chi connectivity index (χ3n) is 9.78. The van der Waals surface area contributed by atoms with Gasteiger partial charge < -0.3 is 33.7 Å². The van der Waals surface area contributed by atoms with Crippen LogP contribution in [0, 0.1) is 10.8 Å². The Morgan fingerprint density at radius 1 is 0.698 bits per heavy atom. The van der Waals surface area contributed by atoms with E-state index in [4.69, 9.17) is 33.9 Å². The van der Waals surface area contributed by atoms with Crippen molar-refractivity contribution in [1.29, 1.82) is 10.8 Å². The number of piperazine rings is 1. The number of hydrogen-bond donors (Lipinski definition) is 4. The zero-order chi connectivity index (χ0) is 45.1. The Balaban J connectivity index is 0.000000215. The molecule has 21 nitrogen and oxygen atoms in total. The number of amides is 4. The van der Waals surface area contributed by atoms with Crippen LogP contribution < -0.4 is 20.4 Å². The standard InChI is InChI=1S/C24H29N5O6.C17H17N3O7S/c1-2-34-21(30)15-28-10-8-27(9-11-28)13-20-14-29(24(32)35-20)19-5-3-17(4-6-19)22(25)26-23(31)18-7-12-33-16-18;1-28(23,24)26-10-14-8-20(17(22)27-14)13-4-2-11(3-5-13)15(18)19-16(21)12-6-7-25-9-12/h3-7,12,16,20H,2,8-11,13-15H2,1H3,(H2,25,26,31);2-7,9,14H,8,10H2,1H3,(H2,18,19,21). The lowest BCUT2D eigenvalue weighted by molar-refractivity contribution is -0.144. The van der Waals surface area contributed by atoms with Gasteiger partial charge in [0.2, 0.25) is 0 Å². The molecule has 3 fully saturated rings. The molecule has 4 aromatic rings. The van der Waals surface area contributed by atoms with Gasteiger partial charge in [-0.3, -0.25) is 49.0 Å². The van der Waals surface area contributed by atoms with Gasteiger partial charge >= 0.3 is 18.2 Å². The van der Waals surface area contributed by atoms with Crippen molar-refractivity contribution < 1.29 is 59.6 Å². The quantitative estimate of drug-likeness (QED) is 0.0466. The highest BCUT2D eigenvalue weighted by molar-refractivity contribution is 7.85. The molecule has 3 aliphatic rings. The summed E-state index contributed by atoms with van der Waals surface area (Å²) in [5.74, 6) is -1.27. The molecule has 0 saturated carbocycles. The van der Waals surface area contributed by atoms with Gasteiger partial charge in [0.25, 0.3) is 21.9 Å². The van der Waals surface area contributed by atoms with E-state index in [1.165, 1.54) is 42.1 Å². The van der Waals surface area contributed by atoms with Crippen molar-refractivity contribution in [1.82, 2.24) is 20.4 Å². The van der Waals surface area contributed by atoms with Crippen molar-refractivity contribution in [2.24, 2.45) is 0 Å². The Morgan fingerprint density at radius 3 is 1.60 bits per heavy atom. The van der Waals surface area contributed by atoms with Gasteiger partial charge in [-0.05, 0) is 67.6 Å². The first-order valence-corrected chi connectivity index (χ1v) is 21.4. The molecule has 2 atom stereocenters. The van der Waals surface area contributed by atoms with Crippen molar-refractivity contribution in [3.8, 4) is 0 Å². The lowest BCUT2D eigenvalue weighted by atomic mass is 10.1. The lowest BCUT2D eigenvalue weighted by Gasteiger charge is -2.34. The number of furan rings is 2. The molecule has 2 aromatic heterocycles. The van der Waals surface area contributed by atoms with Gasteiger partial charge in [-0.1, -0.05) is 0 Å². The van der Waals surface area contributed by atoms with Crippen LogP contribution in [0.4, 0.5) is 21.0 Å². The van der Waals surface area contributed by atoms with Crippen molar-refractivity contribution in [2.45, 2.75) is 19.1 Å². The number of nitrogens with one attached hydrogen (secondary N) is 4. The highest BCUT2D eigenvalue weighted by Crippen LogP contribution is 2.24. The fraction of sp³-hybridized carbons (Fsp3) is 0.341. The van der Waals surface area contributed by atoms with Gasteiger partial charge in [0.1, 0.15) is 43.0 Å². The summed E-state index contributed by atoms with van der Waals surface area (Å²) in [6.45, 7) is 6.49. The molecule has 63 heavy (non-hydrogen) atoms. The Labute approximate surface area is 361 Å². The Kier molecular flexibility index (Phi) is 15.1. The monoisotopic (exact) mass is 890 g/mol. The van der Waals surface area contributed by atoms with Crippen LogP contribution in [0.15, 0.2) is 94.6 Å². The van der Waals surface area contributed by atoms with E-state index in [-0.39, 0.29) is 36.9 Å². The molecule has 7 rings (SSSR count). The summed E-state index contributed by atoms with van der Waals surface area (Å²) in [4.78, 5) is 67.4. The van der Waals surface area contributed by atoms with Crippen LogP contribution in [-0.2, 0) is 33.3 Å². The number of nitrogens with zero attached hydrogens (tertiary/aromatic N) is 4. The minimum absolute atomic E-state index is 0.0493. The largest absolute Gasteiger partial charge is 0.472 e. The number of carbonyl (C=O) groups is 5. The molecular weight excluding hydrogens is 845 g/mol. The molecular formula is C41H46N8O13S. The van der Waals surface area contributed by atoms with Gasteiger partial charge in [0.05, 0.1) is 56.2 Å². The summed E-state index contributed by atoms with van der Waals surface area (Å²) >= 11 is 0. The van der Waals surface area contributed by atoms with Gasteiger partial charge in [0.15, 0.2) is 0 Å². The summed E-state index contributed by atoms with van der Waals surface area (Å²) in [6.07, 6.45) is 4.24. The van der Waals surface area contributed by atoms with E-state index in [0.717, 1.165) is 32.4 Å². The molecule has 4 amide bonds. The number of ether oxygens (including phenoxy) is 3. The van der Waals surface area contributed by atoms with Crippen LogP contribution in [0.2, 0.25) is 0 Å². The van der Waals surface area contributed by atoms with E-state index in [9.17, 15) is 32.4 Å². The van der Waals surface area contributed by atoms with Gasteiger partial charge in [-0.2, -0.15) is 8.42 Å². The molecule has 0 spiro atoms. The number of cyclic esters (lactones) is 2.